The molecule has 0 saturated heterocycles. The van der Waals surface area contributed by atoms with Crippen LogP contribution in [0.5, 0.6) is 5.75 Å². The summed E-state index contributed by atoms with van der Waals surface area (Å²) in [7, 11) is 0. The smallest absolute Gasteiger partial charge is 0.120 e. The maximum absolute atomic E-state index is 5.77. The van der Waals surface area contributed by atoms with Gasteiger partial charge in [-0.3, -0.25) is 0 Å². The van der Waals surface area contributed by atoms with Crippen LogP contribution in [-0.4, -0.2) is 11.6 Å². The maximum atomic E-state index is 5.77. The average molecular weight is 237 g/mol. The Bertz CT molecular complexity index is 628. The lowest BCUT2D eigenvalue weighted by Crippen LogP contribution is -2.00. The fourth-order valence-electron chi connectivity index (χ4n) is 2.05. The van der Waals surface area contributed by atoms with Gasteiger partial charge in [0.1, 0.15) is 5.75 Å². The Morgan fingerprint density at radius 2 is 1.83 bits per heavy atom. The highest BCUT2D eigenvalue weighted by atomic mass is 16.5. The molecular weight excluding hydrogens is 222 g/mol. The van der Waals surface area contributed by atoms with Crippen LogP contribution in [0.4, 0.5) is 0 Å². The minimum Gasteiger partial charge on any atom is -0.493 e. The highest BCUT2D eigenvalue weighted by Gasteiger charge is 1.98. The molecule has 2 nitrogen and oxygen atoms in total. The number of rotatable bonds is 4. The molecule has 2 heteroatoms. The molecule has 0 atom stereocenters. The van der Waals surface area contributed by atoms with Gasteiger partial charge in [0.05, 0.1) is 6.61 Å². The summed E-state index contributed by atoms with van der Waals surface area (Å²) in [6, 6.07) is 18.6. The first-order valence-electron chi connectivity index (χ1n) is 6.16. The largest absolute Gasteiger partial charge is 0.493 e. The summed E-state index contributed by atoms with van der Waals surface area (Å²) in [6.45, 7) is 0.708. The van der Waals surface area contributed by atoms with Crippen LogP contribution in [0, 0.1) is 0 Å². The summed E-state index contributed by atoms with van der Waals surface area (Å²) in [5, 5.41) is 1.19. The summed E-state index contributed by atoms with van der Waals surface area (Å²) in [5.74, 6) is 0.929. The first-order valence-corrected chi connectivity index (χ1v) is 6.16. The average Bonchev–Trinajstić information content (AvgIpc) is 2.87. The van der Waals surface area contributed by atoms with Crippen LogP contribution in [0.3, 0.4) is 0 Å². The van der Waals surface area contributed by atoms with Gasteiger partial charge >= 0.3 is 0 Å². The lowest BCUT2D eigenvalue weighted by molar-refractivity contribution is 0.322. The SMILES string of the molecule is c1ccc(CCOc2ccc3[nH]ccc3c2)cc1. The number of nitrogens with one attached hydrogen (secondary N) is 1. The van der Waals surface area contributed by atoms with Crippen molar-refractivity contribution < 1.29 is 4.74 Å². The summed E-state index contributed by atoms with van der Waals surface area (Å²) >= 11 is 0. The van der Waals surface area contributed by atoms with Crippen molar-refractivity contribution in [3.05, 3.63) is 66.4 Å². The molecule has 3 aromatic rings. The van der Waals surface area contributed by atoms with Crippen molar-refractivity contribution in [3.63, 3.8) is 0 Å². The molecule has 90 valence electrons. The molecule has 0 bridgehead atoms. The number of fused-ring (bicyclic) bond motifs is 1. The Morgan fingerprint density at radius 1 is 0.944 bits per heavy atom. The van der Waals surface area contributed by atoms with E-state index in [4.69, 9.17) is 4.74 Å². The molecule has 2 aromatic carbocycles. The van der Waals surface area contributed by atoms with Gasteiger partial charge in [-0.15, -0.1) is 0 Å². The van der Waals surface area contributed by atoms with Crippen LogP contribution in [0.2, 0.25) is 0 Å². The van der Waals surface area contributed by atoms with Gasteiger partial charge in [-0.1, -0.05) is 30.3 Å². The van der Waals surface area contributed by atoms with Crippen molar-refractivity contribution >= 4 is 10.9 Å². The summed E-state index contributed by atoms with van der Waals surface area (Å²) < 4.78 is 5.77. The molecular formula is C16H15NO. The molecule has 0 unspecified atom stereocenters. The van der Waals surface area contributed by atoms with E-state index >= 15 is 0 Å². The van der Waals surface area contributed by atoms with E-state index in [1.807, 2.05) is 24.4 Å². The number of ether oxygens (including phenoxy) is 1. The van der Waals surface area contributed by atoms with Crippen LogP contribution in [0.1, 0.15) is 5.56 Å². The number of aromatic amines is 1. The van der Waals surface area contributed by atoms with Crippen molar-refractivity contribution in [2.24, 2.45) is 0 Å². The lowest BCUT2D eigenvalue weighted by Gasteiger charge is -2.06. The zero-order valence-corrected chi connectivity index (χ0v) is 10.1. The van der Waals surface area contributed by atoms with E-state index in [0.29, 0.717) is 6.61 Å². The molecule has 18 heavy (non-hydrogen) atoms. The molecule has 1 N–H and O–H groups in total. The zero-order valence-electron chi connectivity index (χ0n) is 10.1. The fraction of sp³-hybridized carbons (Fsp3) is 0.125. The molecule has 0 radical (unpaired) electrons. The van der Waals surface area contributed by atoms with Crippen LogP contribution >= 0.6 is 0 Å². The minimum absolute atomic E-state index is 0.708. The Labute approximate surface area is 106 Å². The van der Waals surface area contributed by atoms with Gasteiger partial charge in [-0.2, -0.15) is 0 Å². The Hall–Kier alpha value is -2.22. The van der Waals surface area contributed by atoms with Crippen LogP contribution in [0.15, 0.2) is 60.8 Å². The molecule has 0 saturated carbocycles. The predicted octanol–water partition coefficient (Wildman–Crippen LogP) is 3.79. The fourth-order valence-corrected chi connectivity index (χ4v) is 2.05. The summed E-state index contributed by atoms with van der Waals surface area (Å²) in [4.78, 5) is 3.17. The number of hydrogen-bond acceptors (Lipinski definition) is 1. The monoisotopic (exact) mass is 237 g/mol. The van der Waals surface area contributed by atoms with E-state index in [-0.39, 0.29) is 0 Å². The molecule has 1 heterocycles. The number of hydrogen-bond donors (Lipinski definition) is 1. The lowest BCUT2D eigenvalue weighted by atomic mass is 10.2. The number of aromatic nitrogens is 1. The summed E-state index contributed by atoms with van der Waals surface area (Å²) in [5.41, 5.74) is 2.45. The Balaban J connectivity index is 1.62. The quantitative estimate of drug-likeness (QED) is 0.733. The maximum Gasteiger partial charge on any atom is 0.120 e. The van der Waals surface area contributed by atoms with Gasteiger partial charge in [0.25, 0.3) is 0 Å². The van der Waals surface area contributed by atoms with E-state index in [0.717, 1.165) is 17.7 Å². The van der Waals surface area contributed by atoms with Crippen molar-refractivity contribution in [1.29, 1.82) is 0 Å². The Kier molecular flexibility index (Phi) is 3.01. The second-order valence-electron chi connectivity index (χ2n) is 4.31. The third kappa shape index (κ3) is 2.38. The predicted molar refractivity (Wildman–Crippen MR) is 73.9 cm³/mol. The van der Waals surface area contributed by atoms with Crippen molar-refractivity contribution in [2.45, 2.75) is 6.42 Å². The van der Waals surface area contributed by atoms with Crippen molar-refractivity contribution in [3.8, 4) is 5.75 Å². The van der Waals surface area contributed by atoms with E-state index in [1.54, 1.807) is 0 Å². The van der Waals surface area contributed by atoms with E-state index in [9.17, 15) is 0 Å². The van der Waals surface area contributed by atoms with Gasteiger partial charge in [-0.25, -0.2) is 0 Å². The first-order chi connectivity index (χ1) is 8.92. The van der Waals surface area contributed by atoms with Gasteiger partial charge < -0.3 is 9.72 Å². The Morgan fingerprint density at radius 3 is 2.72 bits per heavy atom. The van der Waals surface area contributed by atoms with E-state index in [2.05, 4.69) is 41.4 Å². The number of benzene rings is 2. The van der Waals surface area contributed by atoms with E-state index < -0.39 is 0 Å². The highest BCUT2D eigenvalue weighted by Crippen LogP contribution is 2.19. The first kappa shape index (κ1) is 10.9. The number of H-pyrrole nitrogens is 1. The third-order valence-electron chi connectivity index (χ3n) is 3.03. The van der Waals surface area contributed by atoms with Crippen LogP contribution < -0.4 is 4.74 Å². The van der Waals surface area contributed by atoms with Crippen LogP contribution in [-0.2, 0) is 6.42 Å². The molecule has 0 fully saturated rings. The molecule has 0 amide bonds. The van der Waals surface area contributed by atoms with Gasteiger partial charge in [0, 0.05) is 23.5 Å². The molecule has 0 aliphatic heterocycles. The van der Waals surface area contributed by atoms with Crippen molar-refractivity contribution in [2.75, 3.05) is 6.61 Å². The standard InChI is InChI=1S/C16H15NO/c1-2-4-13(5-3-1)9-11-18-15-6-7-16-14(12-15)8-10-17-16/h1-8,10,12,17H,9,11H2. The summed E-state index contributed by atoms with van der Waals surface area (Å²) in [6.07, 6.45) is 2.88. The van der Waals surface area contributed by atoms with Crippen molar-refractivity contribution in [1.82, 2.24) is 4.98 Å². The molecule has 3 rings (SSSR count). The topological polar surface area (TPSA) is 25.0 Å². The second-order valence-corrected chi connectivity index (χ2v) is 4.31. The minimum atomic E-state index is 0.708. The normalized spacial score (nSPS) is 10.7. The van der Waals surface area contributed by atoms with Gasteiger partial charge in [0.15, 0.2) is 0 Å². The zero-order chi connectivity index (χ0) is 12.2. The molecule has 1 aromatic heterocycles. The molecule has 0 spiro atoms. The van der Waals surface area contributed by atoms with Gasteiger partial charge in [0.2, 0.25) is 0 Å². The molecule has 0 aliphatic rings. The van der Waals surface area contributed by atoms with Gasteiger partial charge in [-0.05, 0) is 29.8 Å². The van der Waals surface area contributed by atoms with Crippen LogP contribution in [0.25, 0.3) is 10.9 Å². The third-order valence-corrected chi connectivity index (χ3v) is 3.03. The molecule has 0 aliphatic carbocycles. The highest BCUT2D eigenvalue weighted by molar-refractivity contribution is 5.80. The van der Waals surface area contributed by atoms with E-state index in [1.165, 1.54) is 10.9 Å². The second kappa shape index (κ2) is 4.96.